The maximum atomic E-state index is 14.2. The summed E-state index contributed by atoms with van der Waals surface area (Å²) < 4.78 is 253. The van der Waals surface area contributed by atoms with Crippen molar-refractivity contribution in [3.8, 4) is 0 Å². The number of aliphatic hydroxyl groups excluding tert-OH is 1. The lowest BCUT2D eigenvalue weighted by Crippen LogP contribution is -2.57. The molecule has 12 unspecified atom stereocenters. The van der Waals surface area contributed by atoms with Gasteiger partial charge in [0.15, 0.2) is 28.5 Å². The number of aliphatic hydroxyl groups is 5. The van der Waals surface area contributed by atoms with Crippen LogP contribution < -0.4 is 10.6 Å². The third-order valence-corrected chi connectivity index (χ3v) is 20.4. The first-order valence-corrected chi connectivity index (χ1v) is 39.3. The number of hydrogen-bond donors (Lipinski definition) is 7. The summed E-state index contributed by atoms with van der Waals surface area (Å²) in [6.45, 7) is 48.0. The molecule has 7 N–H and O–H groups in total. The maximum absolute atomic E-state index is 14.2. The summed E-state index contributed by atoms with van der Waals surface area (Å²) in [5.41, 5.74) is -16.9. The Hall–Kier alpha value is -7.53. The van der Waals surface area contributed by atoms with Crippen LogP contribution in [0.4, 0.5) is 70.2 Å². The smallest absolute Gasteiger partial charge is 0.417 e. The minimum atomic E-state index is -5.10. The van der Waals surface area contributed by atoms with E-state index in [1.165, 1.54) is 20.8 Å². The van der Waals surface area contributed by atoms with Gasteiger partial charge in [-0.25, -0.2) is 14.4 Å². The number of alkyl halides is 16. The van der Waals surface area contributed by atoms with Crippen molar-refractivity contribution in [3.05, 3.63) is 43.4 Å². The molecule has 0 aromatic rings. The van der Waals surface area contributed by atoms with Gasteiger partial charge in [-0.2, -0.15) is 70.2 Å². The molecule has 4 fully saturated rings. The Morgan fingerprint density at radius 2 is 0.650 bits per heavy atom. The zero-order chi connectivity index (χ0) is 98.2. The first-order chi connectivity index (χ1) is 54.8. The van der Waals surface area contributed by atoms with Crippen molar-refractivity contribution in [3.63, 3.8) is 0 Å². The standard InChI is InChI=1S/C18H28F6O4.C16H22F6O4.C15H27F2NO3.C13H19F2NO3.C10H16O4.C8H10O4.C2H6O/c1-6-14(2,3)13(25)28-12-8-10(15(4,26)17(19,20)21)7-11(9-12)16(5,27)18(22,23)24;1-8(2)12(23)26-11-6-9(13(3,24)15(17,18)19)5-10(7-11)14(4,25)16(20,21)22;1-8-10(21-12(20)14(6,7)9-2)15(16,17)11(19)18-13(3,4)5;1-7-9(19-10(17)8(2)3)13(14,15)11(18)16-12(4,5)6;1-4-10(2,3)9(12)14-7-5-8(11)13-6-7;1-5(2)8(10)12-6-3-7(9)11-4-6;1-2-3/h10-12,26-27H,6-9H2,1-5H3;9-11,24-25H,1,5-7H2,2-4H3;10H,8-9H2,1-7H3,(H,18,19);9H,1-2,7H2,3-6H3;7H,4-6H2,1-3H3;6H,1,3-4H2,2H3;3H,2H2,1H3/p+1. The van der Waals surface area contributed by atoms with E-state index in [1.807, 2.05) is 20.8 Å². The molecule has 0 spiro atoms. The van der Waals surface area contributed by atoms with Gasteiger partial charge in [-0.15, -0.1) is 0 Å². The Morgan fingerprint density at radius 3 is 0.878 bits per heavy atom. The van der Waals surface area contributed by atoms with Gasteiger partial charge in [-0.05, 0) is 203 Å². The van der Waals surface area contributed by atoms with E-state index in [9.17, 15) is 139 Å². The van der Waals surface area contributed by atoms with Crippen LogP contribution in [-0.2, 0) is 85.8 Å². The van der Waals surface area contributed by atoms with Gasteiger partial charge >= 0.3 is 84.3 Å². The van der Waals surface area contributed by atoms with E-state index in [0.29, 0.717) is 52.5 Å². The van der Waals surface area contributed by atoms with E-state index in [0.717, 1.165) is 0 Å². The molecule has 0 aromatic heterocycles. The predicted octanol–water partition coefficient (Wildman–Crippen LogP) is 15.1. The van der Waals surface area contributed by atoms with Crippen molar-refractivity contribution in [2.45, 2.75) is 356 Å². The Bertz CT molecular complexity index is 3450. The van der Waals surface area contributed by atoms with Crippen LogP contribution in [0.3, 0.4) is 0 Å². The second kappa shape index (κ2) is 46.8. The van der Waals surface area contributed by atoms with E-state index in [-0.39, 0.29) is 74.2 Å². The van der Waals surface area contributed by atoms with Crippen molar-refractivity contribution < 1.29 is 182 Å². The first kappa shape index (κ1) is 120. The van der Waals surface area contributed by atoms with Gasteiger partial charge in [-0.1, -0.05) is 47.4 Å². The van der Waals surface area contributed by atoms with Crippen LogP contribution in [0.5, 0.6) is 0 Å². The third-order valence-electron chi connectivity index (χ3n) is 20.4. The van der Waals surface area contributed by atoms with E-state index in [2.05, 4.69) is 46.8 Å². The van der Waals surface area contributed by atoms with Crippen LogP contribution in [0, 0.1) is 46.8 Å². The van der Waals surface area contributed by atoms with Crippen LogP contribution in [0.15, 0.2) is 36.5 Å². The number of cyclic esters (lactones) is 2. The number of carbonyl (C=O) groups excluding carboxylic acids is 10. The molecule has 2 aliphatic heterocycles. The molecule has 12 atom stereocenters. The van der Waals surface area contributed by atoms with Crippen LogP contribution in [-0.4, -0.2) is 212 Å². The van der Waals surface area contributed by atoms with E-state index >= 15 is 0 Å². The highest BCUT2D eigenvalue weighted by Gasteiger charge is 2.64. The fourth-order valence-electron chi connectivity index (χ4n) is 10.6. The van der Waals surface area contributed by atoms with Crippen LogP contribution >= 0.6 is 0 Å². The summed E-state index contributed by atoms with van der Waals surface area (Å²) in [6.07, 6.45) is -29.6. The molecule has 4 rings (SSSR count). The second-order valence-corrected chi connectivity index (χ2v) is 35.2. The number of ether oxygens (including phenoxy) is 8. The Balaban J connectivity index is -0.00000142. The quantitative estimate of drug-likeness (QED) is 0.0147. The van der Waals surface area contributed by atoms with Gasteiger partial charge in [0.1, 0.15) is 44.1 Å². The van der Waals surface area contributed by atoms with Gasteiger partial charge < -0.3 is 74.1 Å². The highest BCUT2D eigenvalue weighted by Crippen LogP contribution is 2.53. The fraction of sp³-hybridized carbons (Fsp3) is 0.793. The highest BCUT2D eigenvalue weighted by atomic mass is 19.4. The molecule has 123 heavy (non-hydrogen) atoms. The molecule has 2 aliphatic carbocycles. The molecular formula is C82H129F16N2O23+. The second-order valence-electron chi connectivity index (χ2n) is 35.2. The summed E-state index contributed by atoms with van der Waals surface area (Å²) in [7, 11) is 0. The summed E-state index contributed by atoms with van der Waals surface area (Å²) in [4.78, 5) is 114. The molecule has 4 aliphatic rings. The van der Waals surface area contributed by atoms with E-state index in [4.69, 9.17) is 33.5 Å². The normalized spacial score (nSPS) is 22.2. The minimum Gasteiger partial charge on any atom is -0.462 e. The van der Waals surface area contributed by atoms with Crippen LogP contribution in [0.25, 0.3) is 0 Å². The number of halogens is 16. The Morgan fingerprint density at radius 1 is 0.407 bits per heavy atom. The van der Waals surface area contributed by atoms with Crippen molar-refractivity contribution in [2.75, 3.05) is 19.8 Å². The number of carbonyl (C=O) groups is 10. The van der Waals surface area contributed by atoms with E-state index < -0.39 is 227 Å². The Labute approximate surface area is 708 Å². The molecule has 2 amide bonds. The topological polar surface area (TPSA) is 370 Å². The largest absolute Gasteiger partial charge is 0.462 e. The van der Waals surface area contributed by atoms with Gasteiger partial charge in [0, 0.05) is 58.1 Å². The van der Waals surface area contributed by atoms with Crippen molar-refractivity contribution >= 4 is 59.6 Å². The zero-order valence-corrected chi connectivity index (χ0v) is 74.5. The minimum absolute atomic E-state index is 0.0227. The molecule has 2 saturated heterocycles. The molecular weight excluding hydrogens is 1680 g/mol. The Kier molecular flexibility index (Phi) is 45.5. The number of esters is 8. The molecule has 2 saturated carbocycles. The predicted molar refractivity (Wildman–Crippen MR) is 414 cm³/mol. The lowest BCUT2D eigenvalue weighted by atomic mass is 9.67. The number of hydrogen-bond acceptors (Lipinski definition) is 23. The fourth-order valence-corrected chi connectivity index (χ4v) is 10.6. The molecule has 41 heteroatoms. The van der Waals surface area contributed by atoms with Gasteiger partial charge in [-0.3, -0.25) is 33.6 Å². The van der Waals surface area contributed by atoms with Gasteiger partial charge in [0.2, 0.25) is 6.10 Å². The lowest BCUT2D eigenvalue weighted by molar-refractivity contribution is -0.299. The first-order valence-electron chi connectivity index (χ1n) is 39.3. The summed E-state index contributed by atoms with van der Waals surface area (Å²) in [5.74, 6) is -22.1. The SMILES string of the molecule is C=C(C)C(=O)OC(C[CH2+])C(F)(F)C(=O)NC(C)(C)C.C=C(C)C(=O)OC1CC(C(C)(O)C(F)(F)F)CC(C(C)(O)C(F)(F)F)C1.C=C(C)C(=O)OC1COC(=O)C1.CCC(C)(C)C(=O)OC1CC(C(C)(O)C(F)(F)F)CC(C(C)(O)C(F)(F)F)C1.CCC(C)(C)C(=O)OC1COC(=O)C1.CCC(OC(=O)C(C)(C)CC)C(F)(F)C(=O)NC(C)(C)C.CCO. The van der Waals surface area contributed by atoms with Crippen molar-refractivity contribution in [2.24, 2.45) is 39.9 Å². The average Bonchev–Trinajstić information content (AvgIpc) is 1.15. The summed E-state index contributed by atoms with van der Waals surface area (Å²) >= 11 is 0. The van der Waals surface area contributed by atoms with Gasteiger partial charge in [0.25, 0.3) is 11.8 Å². The number of nitrogens with one attached hydrogen (secondary N) is 2. The monoisotopic (exact) mass is 1810 g/mol. The molecule has 716 valence electrons. The lowest BCUT2D eigenvalue weighted by Gasteiger charge is -2.46. The highest BCUT2D eigenvalue weighted by molar-refractivity contribution is 5.90. The average molecular weight is 1810 g/mol. The molecule has 0 bridgehead atoms. The van der Waals surface area contributed by atoms with Gasteiger partial charge in [0.05, 0.1) is 36.0 Å². The molecule has 25 nitrogen and oxygen atoms in total. The molecule has 0 radical (unpaired) electrons. The third kappa shape index (κ3) is 37.9. The maximum Gasteiger partial charge on any atom is 0.417 e. The molecule has 2 heterocycles. The number of amides is 2. The van der Waals surface area contributed by atoms with Crippen molar-refractivity contribution in [1.29, 1.82) is 0 Å². The number of rotatable bonds is 25. The molecule has 0 aromatic carbocycles. The van der Waals surface area contributed by atoms with Crippen molar-refractivity contribution in [1.82, 2.24) is 10.6 Å². The summed E-state index contributed by atoms with van der Waals surface area (Å²) in [6, 6.07) is 0. The summed E-state index contributed by atoms with van der Waals surface area (Å²) in [5, 5.41) is 51.7. The zero-order valence-electron chi connectivity index (χ0n) is 74.5. The van der Waals surface area contributed by atoms with Crippen LogP contribution in [0.1, 0.15) is 250 Å². The van der Waals surface area contributed by atoms with Crippen LogP contribution in [0.2, 0.25) is 0 Å². The van der Waals surface area contributed by atoms with E-state index in [1.54, 1.807) is 96.9 Å².